The van der Waals surface area contributed by atoms with Gasteiger partial charge in [0.1, 0.15) is 4.92 Å². The molecule has 2 heterocycles. The van der Waals surface area contributed by atoms with Crippen molar-refractivity contribution >= 4 is 23.4 Å². The average molecular weight is 343 g/mol. The lowest BCUT2D eigenvalue weighted by Crippen LogP contribution is -2.56. The first kappa shape index (κ1) is 16.7. The molecule has 8 nitrogen and oxygen atoms in total. The first-order chi connectivity index (χ1) is 12.0. The minimum Gasteiger partial charge on any atom is -0.395 e. The van der Waals surface area contributed by atoms with Gasteiger partial charge in [-0.2, -0.15) is 0 Å². The Morgan fingerprint density at radius 2 is 1.92 bits per heavy atom. The Hall–Kier alpha value is -3.16. The van der Waals surface area contributed by atoms with Gasteiger partial charge in [0.2, 0.25) is 5.91 Å². The van der Waals surface area contributed by atoms with Crippen LogP contribution in [0.1, 0.15) is 17.5 Å². The number of amides is 2. The van der Waals surface area contributed by atoms with E-state index in [1.165, 1.54) is 11.0 Å². The summed E-state index contributed by atoms with van der Waals surface area (Å²) in [4.78, 5) is 37.9. The summed E-state index contributed by atoms with van der Waals surface area (Å²) in [6, 6.07) is 11.8. The highest BCUT2D eigenvalue weighted by atomic mass is 16.6. The highest BCUT2D eigenvalue weighted by Crippen LogP contribution is 2.25. The van der Waals surface area contributed by atoms with Gasteiger partial charge in [0.15, 0.2) is 5.76 Å². The number of rotatable bonds is 5. The number of carbonyl (C=O) groups excluding carboxylic acids is 2. The van der Waals surface area contributed by atoms with E-state index >= 15 is 0 Å². The molecule has 0 bridgehead atoms. The molecular weight excluding hydrogens is 326 g/mol. The second-order valence-corrected chi connectivity index (χ2v) is 5.72. The van der Waals surface area contributed by atoms with Crippen molar-refractivity contribution in [1.82, 2.24) is 4.90 Å². The maximum atomic E-state index is 12.6. The molecule has 130 valence electrons. The zero-order valence-electron chi connectivity index (χ0n) is 13.6. The topological polar surface area (TPSA) is 96.9 Å². The average Bonchev–Trinajstić information content (AvgIpc) is 3.05. The molecule has 0 unspecified atom stereocenters. The summed E-state index contributed by atoms with van der Waals surface area (Å²) in [7, 11) is 0. The van der Waals surface area contributed by atoms with Crippen molar-refractivity contribution in [3.63, 3.8) is 0 Å². The minimum absolute atomic E-state index is 0.0387. The summed E-state index contributed by atoms with van der Waals surface area (Å²) >= 11 is 0. The molecule has 1 aliphatic rings. The highest BCUT2D eigenvalue weighted by molar-refractivity contribution is 5.98. The Bertz CT molecular complexity index is 796. The molecule has 8 heteroatoms. The molecule has 1 aromatic carbocycles. The van der Waals surface area contributed by atoms with Crippen LogP contribution in [0.5, 0.6) is 0 Å². The normalized spacial score (nSPS) is 14.0. The largest absolute Gasteiger partial charge is 0.433 e. The Labute approximate surface area is 143 Å². The molecule has 1 aromatic heterocycles. The number of hydrogen-bond donors (Lipinski definition) is 0. The van der Waals surface area contributed by atoms with E-state index in [2.05, 4.69) is 0 Å². The van der Waals surface area contributed by atoms with Crippen LogP contribution >= 0.6 is 0 Å². The number of hydrogen-bond acceptors (Lipinski definition) is 5. The van der Waals surface area contributed by atoms with Crippen molar-refractivity contribution in [2.75, 3.05) is 24.5 Å². The van der Waals surface area contributed by atoms with Crippen molar-refractivity contribution < 1.29 is 18.9 Å². The number of nitro groups is 1. The fourth-order valence-corrected chi connectivity index (χ4v) is 2.79. The summed E-state index contributed by atoms with van der Waals surface area (Å²) in [6.45, 7) is 2.98. The third-order valence-electron chi connectivity index (χ3n) is 4.15. The third kappa shape index (κ3) is 3.23. The quantitative estimate of drug-likeness (QED) is 0.613. The predicted molar refractivity (Wildman–Crippen MR) is 89.2 cm³/mol. The van der Waals surface area contributed by atoms with E-state index < -0.39 is 16.7 Å². The standard InChI is InChI=1S/C17H17N3O5/c1-2-19(13-6-4-3-5-7-13)16(21)12-10-18(11-12)17(22)14-8-9-15(25-14)20(23)24/h3-9,12H,2,10-11H2,1H3. The SMILES string of the molecule is CCN(C(=O)C1CN(C(=O)c2ccc([N+](=O)[O-])o2)C1)c1ccccc1. The van der Waals surface area contributed by atoms with Crippen LogP contribution in [0, 0.1) is 16.0 Å². The lowest BCUT2D eigenvalue weighted by molar-refractivity contribution is -0.402. The summed E-state index contributed by atoms with van der Waals surface area (Å²) in [5.74, 6) is -1.33. The zero-order chi connectivity index (χ0) is 18.0. The van der Waals surface area contributed by atoms with Crippen LogP contribution in [0.2, 0.25) is 0 Å². The maximum Gasteiger partial charge on any atom is 0.433 e. The first-order valence-corrected chi connectivity index (χ1v) is 7.91. The molecule has 1 fully saturated rings. The molecule has 0 aliphatic carbocycles. The second-order valence-electron chi connectivity index (χ2n) is 5.72. The van der Waals surface area contributed by atoms with E-state index in [1.54, 1.807) is 4.90 Å². The van der Waals surface area contributed by atoms with Crippen LogP contribution in [0.15, 0.2) is 46.9 Å². The molecule has 0 saturated carbocycles. The van der Waals surface area contributed by atoms with Crippen LogP contribution in [0.3, 0.4) is 0 Å². The van der Waals surface area contributed by atoms with Gasteiger partial charge in [-0.25, -0.2) is 0 Å². The molecular formula is C17H17N3O5. The lowest BCUT2D eigenvalue weighted by Gasteiger charge is -2.40. The number of likely N-dealkylation sites (tertiary alicyclic amines) is 1. The molecule has 0 N–H and O–H groups in total. The van der Waals surface area contributed by atoms with Gasteiger partial charge in [-0.15, -0.1) is 0 Å². The number of para-hydroxylation sites is 1. The summed E-state index contributed by atoms with van der Waals surface area (Å²) < 4.78 is 4.91. The molecule has 2 aromatic rings. The van der Waals surface area contributed by atoms with E-state index in [1.807, 2.05) is 37.3 Å². The van der Waals surface area contributed by atoms with Gasteiger partial charge in [0.05, 0.1) is 12.0 Å². The van der Waals surface area contributed by atoms with Gasteiger partial charge in [-0.05, 0) is 25.1 Å². The van der Waals surface area contributed by atoms with E-state index in [9.17, 15) is 19.7 Å². The predicted octanol–water partition coefficient (Wildman–Crippen LogP) is 2.31. The van der Waals surface area contributed by atoms with Gasteiger partial charge in [-0.3, -0.25) is 19.7 Å². The smallest absolute Gasteiger partial charge is 0.395 e. The second kappa shape index (κ2) is 6.76. The van der Waals surface area contributed by atoms with Crippen molar-refractivity contribution in [3.05, 3.63) is 58.3 Å². The summed E-state index contributed by atoms with van der Waals surface area (Å²) in [5, 5.41) is 10.6. The fraction of sp³-hybridized carbons (Fsp3) is 0.294. The maximum absolute atomic E-state index is 12.6. The lowest BCUT2D eigenvalue weighted by atomic mass is 9.97. The minimum atomic E-state index is -0.696. The van der Waals surface area contributed by atoms with Crippen molar-refractivity contribution in [3.8, 4) is 0 Å². The monoisotopic (exact) mass is 343 g/mol. The molecule has 0 atom stereocenters. The number of benzene rings is 1. The van der Waals surface area contributed by atoms with Gasteiger partial charge in [0.25, 0.3) is 5.91 Å². The first-order valence-electron chi connectivity index (χ1n) is 7.91. The van der Waals surface area contributed by atoms with Crippen molar-refractivity contribution in [2.24, 2.45) is 5.92 Å². The fourth-order valence-electron chi connectivity index (χ4n) is 2.79. The van der Waals surface area contributed by atoms with Crippen LogP contribution in [0.4, 0.5) is 11.6 Å². The van der Waals surface area contributed by atoms with Crippen LogP contribution < -0.4 is 4.90 Å². The van der Waals surface area contributed by atoms with Crippen molar-refractivity contribution in [1.29, 1.82) is 0 Å². The van der Waals surface area contributed by atoms with E-state index in [4.69, 9.17) is 4.42 Å². The van der Waals surface area contributed by atoms with Crippen LogP contribution in [-0.4, -0.2) is 41.3 Å². The summed E-state index contributed by atoms with van der Waals surface area (Å²) in [5.41, 5.74) is 0.821. The van der Waals surface area contributed by atoms with Crippen LogP contribution in [0.25, 0.3) is 0 Å². The Morgan fingerprint density at radius 1 is 1.24 bits per heavy atom. The van der Waals surface area contributed by atoms with Crippen LogP contribution in [-0.2, 0) is 4.79 Å². The molecule has 0 radical (unpaired) electrons. The molecule has 1 saturated heterocycles. The van der Waals surface area contributed by atoms with Gasteiger partial charge < -0.3 is 14.2 Å². The summed E-state index contributed by atoms with van der Waals surface area (Å²) in [6.07, 6.45) is 0. The highest BCUT2D eigenvalue weighted by Gasteiger charge is 2.39. The number of anilines is 1. The molecule has 2 amide bonds. The van der Waals surface area contributed by atoms with E-state index in [-0.39, 0.29) is 30.7 Å². The van der Waals surface area contributed by atoms with Crippen molar-refractivity contribution in [2.45, 2.75) is 6.92 Å². The molecule has 3 rings (SSSR count). The zero-order valence-corrected chi connectivity index (χ0v) is 13.6. The Kier molecular flexibility index (Phi) is 4.51. The van der Waals surface area contributed by atoms with Gasteiger partial charge in [0, 0.05) is 25.3 Å². The number of carbonyl (C=O) groups is 2. The molecule has 0 spiro atoms. The Balaban J connectivity index is 1.62. The number of nitrogens with zero attached hydrogens (tertiary/aromatic N) is 3. The molecule has 25 heavy (non-hydrogen) atoms. The van der Waals surface area contributed by atoms with E-state index in [0.717, 1.165) is 11.8 Å². The van der Waals surface area contributed by atoms with Gasteiger partial charge >= 0.3 is 5.88 Å². The van der Waals surface area contributed by atoms with Gasteiger partial charge in [-0.1, -0.05) is 18.2 Å². The number of furan rings is 1. The van der Waals surface area contributed by atoms with E-state index in [0.29, 0.717) is 6.54 Å². The third-order valence-corrected chi connectivity index (χ3v) is 4.15. The Morgan fingerprint density at radius 3 is 2.48 bits per heavy atom. The molecule has 1 aliphatic heterocycles.